The summed E-state index contributed by atoms with van der Waals surface area (Å²) in [6.07, 6.45) is 4.73. The Hall–Kier alpha value is -2.93. The largest absolute Gasteiger partial charge is 0.481 e. The number of aliphatic carboxylic acids is 1. The second-order valence-corrected chi connectivity index (χ2v) is 7.28. The summed E-state index contributed by atoms with van der Waals surface area (Å²) in [5.41, 5.74) is 1.84. The summed E-state index contributed by atoms with van der Waals surface area (Å²) in [6, 6.07) is 9.42. The maximum absolute atomic E-state index is 11.2. The Balaban J connectivity index is 1.63. The highest BCUT2D eigenvalue weighted by Gasteiger charge is 2.26. The van der Waals surface area contributed by atoms with Crippen molar-refractivity contribution in [2.24, 2.45) is 5.92 Å². The quantitative estimate of drug-likeness (QED) is 0.679. The normalized spacial score (nSPS) is 15.0. The molecule has 0 saturated carbocycles. The third-order valence-corrected chi connectivity index (χ3v) is 5.19. The summed E-state index contributed by atoms with van der Waals surface area (Å²) in [7, 11) is 0. The third kappa shape index (κ3) is 3.99. The SMILES string of the molecule is O=C(O)C1CCN(c2nc(NCc3cccnc3)c3cc(Cl)ccc3n2)CC1. The van der Waals surface area contributed by atoms with Crippen molar-refractivity contribution in [2.45, 2.75) is 19.4 Å². The number of benzene rings is 1. The summed E-state index contributed by atoms with van der Waals surface area (Å²) < 4.78 is 0. The fourth-order valence-corrected chi connectivity index (χ4v) is 3.55. The average Bonchev–Trinajstić information content (AvgIpc) is 2.73. The first kappa shape index (κ1) is 18.4. The van der Waals surface area contributed by atoms with Crippen LogP contribution in [-0.2, 0) is 11.3 Å². The van der Waals surface area contributed by atoms with Gasteiger partial charge in [-0.1, -0.05) is 17.7 Å². The van der Waals surface area contributed by atoms with E-state index in [9.17, 15) is 9.90 Å². The molecule has 1 aliphatic heterocycles. The number of piperidine rings is 1. The van der Waals surface area contributed by atoms with Crippen molar-refractivity contribution in [3.63, 3.8) is 0 Å². The minimum Gasteiger partial charge on any atom is -0.481 e. The zero-order valence-electron chi connectivity index (χ0n) is 15.2. The van der Waals surface area contributed by atoms with Crippen LogP contribution in [0.3, 0.4) is 0 Å². The molecule has 1 aromatic carbocycles. The maximum Gasteiger partial charge on any atom is 0.306 e. The lowest BCUT2D eigenvalue weighted by atomic mass is 9.97. The topological polar surface area (TPSA) is 91.2 Å². The van der Waals surface area contributed by atoms with E-state index in [-0.39, 0.29) is 5.92 Å². The number of carboxylic acid groups (broad SMARTS) is 1. The molecule has 1 fully saturated rings. The van der Waals surface area contributed by atoms with E-state index in [0.717, 1.165) is 16.5 Å². The lowest BCUT2D eigenvalue weighted by molar-refractivity contribution is -0.142. The molecule has 0 spiro atoms. The Kier molecular flexibility index (Phi) is 5.25. The van der Waals surface area contributed by atoms with E-state index >= 15 is 0 Å². The zero-order valence-corrected chi connectivity index (χ0v) is 15.9. The molecule has 1 saturated heterocycles. The molecule has 0 aliphatic carbocycles. The van der Waals surface area contributed by atoms with Gasteiger partial charge in [-0.25, -0.2) is 4.98 Å². The van der Waals surface area contributed by atoms with Gasteiger partial charge in [0, 0.05) is 42.4 Å². The molecule has 7 nitrogen and oxygen atoms in total. The number of anilines is 2. The van der Waals surface area contributed by atoms with Crippen molar-refractivity contribution in [1.82, 2.24) is 15.0 Å². The van der Waals surface area contributed by atoms with Gasteiger partial charge in [0.25, 0.3) is 0 Å². The summed E-state index contributed by atoms with van der Waals surface area (Å²) in [5.74, 6) is 0.283. The number of nitrogens with zero attached hydrogens (tertiary/aromatic N) is 4. The number of rotatable bonds is 5. The fourth-order valence-electron chi connectivity index (χ4n) is 3.38. The Labute approximate surface area is 167 Å². The van der Waals surface area contributed by atoms with Crippen LogP contribution in [0.1, 0.15) is 18.4 Å². The van der Waals surface area contributed by atoms with Crippen LogP contribution < -0.4 is 10.2 Å². The number of carboxylic acids is 1. The van der Waals surface area contributed by atoms with Crippen LogP contribution in [0.4, 0.5) is 11.8 Å². The Morgan fingerprint density at radius 3 is 2.79 bits per heavy atom. The number of nitrogens with one attached hydrogen (secondary N) is 1. The molecule has 2 aromatic heterocycles. The van der Waals surface area contributed by atoms with Crippen LogP contribution in [0, 0.1) is 5.92 Å². The van der Waals surface area contributed by atoms with Crippen LogP contribution >= 0.6 is 11.6 Å². The van der Waals surface area contributed by atoms with Gasteiger partial charge in [-0.05, 0) is 42.7 Å². The van der Waals surface area contributed by atoms with Gasteiger partial charge < -0.3 is 15.3 Å². The molecule has 3 aromatic rings. The number of hydrogen-bond donors (Lipinski definition) is 2. The number of aromatic nitrogens is 3. The number of pyridine rings is 1. The Morgan fingerprint density at radius 1 is 1.25 bits per heavy atom. The Bertz CT molecular complexity index is 991. The molecule has 0 amide bonds. The first-order chi connectivity index (χ1) is 13.6. The highest BCUT2D eigenvalue weighted by Crippen LogP contribution is 2.28. The summed E-state index contributed by atoms with van der Waals surface area (Å²) >= 11 is 6.18. The lowest BCUT2D eigenvalue weighted by Crippen LogP contribution is -2.37. The molecule has 2 N–H and O–H groups in total. The predicted octanol–water partition coefficient (Wildman–Crippen LogP) is 3.59. The van der Waals surface area contributed by atoms with E-state index in [0.29, 0.717) is 49.3 Å². The third-order valence-electron chi connectivity index (χ3n) is 4.96. The van der Waals surface area contributed by atoms with E-state index in [2.05, 4.69) is 15.3 Å². The summed E-state index contributed by atoms with van der Waals surface area (Å²) in [5, 5.41) is 14.0. The van der Waals surface area contributed by atoms with E-state index in [1.807, 2.05) is 35.2 Å². The van der Waals surface area contributed by atoms with Crippen LogP contribution in [0.25, 0.3) is 10.9 Å². The van der Waals surface area contributed by atoms with Crippen molar-refractivity contribution >= 4 is 40.2 Å². The monoisotopic (exact) mass is 397 g/mol. The molecule has 0 bridgehead atoms. The first-order valence-corrected chi connectivity index (χ1v) is 9.56. The molecule has 4 rings (SSSR count). The van der Waals surface area contributed by atoms with Gasteiger partial charge in [0.05, 0.1) is 11.4 Å². The molecule has 8 heteroatoms. The number of fused-ring (bicyclic) bond motifs is 1. The van der Waals surface area contributed by atoms with E-state index in [4.69, 9.17) is 16.6 Å². The lowest BCUT2D eigenvalue weighted by Gasteiger charge is -2.30. The van der Waals surface area contributed by atoms with Gasteiger partial charge in [-0.3, -0.25) is 9.78 Å². The standard InChI is InChI=1S/C20H20ClN5O2/c21-15-3-4-17-16(10-15)18(23-12-13-2-1-7-22-11-13)25-20(24-17)26-8-5-14(6-9-26)19(27)28/h1-4,7,10-11,14H,5-6,8-9,12H2,(H,27,28)(H,23,24,25). The van der Waals surface area contributed by atoms with Gasteiger partial charge in [-0.2, -0.15) is 4.98 Å². The first-order valence-electron chi connectivity index (χ1n) is 9.18. The molecular weight excluding hydrogens is 378 g/mol. The molecule has 3 heterocycles. The van der Waals surface area contributed by atoms with Crippen LogP contribution in [-0.4, -0.2) is 39.1 Å². The molecule has 1 aliphatic rings. The Morgan fingerprint density at radius 2 is 2.07 bits per heavy atom. The van der Waals surface area contributed by atoms with Crippen molar-refractivity contribution in [3.8, 4) is 0 Å². The van der Waals surface area contributed by atoms with Gasteiger partial charge in [0.1, 0.15) is 5.82 Å². The zero-order chi connectivity index (χ0) is 19.5. The summed E-state index contributed by atoms with van der Waals surface area (Å²) in [6.45, 7) is 1.82. The molecule has 0 unspecified atom stereocenters. The van der Waals surface area contributed by atoms with E-state index in [1.165, 1.54) is 0 Å². The van der Waals surface area contributed by atoms with Crippen LogP contribution in [0.2, 0.25) is 5.02 Å². The number of hydrogen-bond acceptors (Lipinski definition) is 6. The minimum absolute atomic E-state index is 0.293. The van der Waals surface area contributed by atoms with Gasteiger partial charge in [0.2, 0.25) is 5.95 Å². The summed E-state index contributed by atoms with van der Waals surface area (Å²) in [4.78, 5) is 26.8. The highest BCUT2D eigenvalue weighted by atomic mass is 35.5. The maximum atomic E-state index is 11.2. The number of halogens is 1. The van der Waals surface area contributed by atoms with Crippen LogP contribution in [0.15, 0.2) is 42.7 Å². The molecule has 28 heavy (non-hydrogen) atoms. The molecule has 0 radical (unpaired) electrons. The molecular formula is C20H20ClN5O2. The van der Waals surface area contributed by atoms with E-state index < -0.39 is 5.97 Å². The predicted molar refractivity (Wildman–Crippen MR) is 109 cm³/mol. The highest BCUT2D eigenvalue weighted by molar-refractivity contribution is 6.31. The fraction of sp³-hybridized carbons (Fsp3) is 0.300. The molecule has 0 atom stereocenters. The van der Waals surface area contributed by atoms with Gasteiger partial charge in [0.15, 0.2) is 0 Å². The van der Waals surface area contributed by atoms with Crippen molar-refractivity contribution in [1.29, 1.82) is 0 Å². The number of carbonyl (C=O) groups is 1. The van der Waals surface area contributed by atoms with Crippen molar-refractivity contribution < 1.29 is 9.90 Å². The van der Waals surface area contributed by atoms with E-state index in [1.54, 1.807) is 12.4 Å². The van der Waals surface area contributed by atoms with Crippen molar-refractivity contribution in [2.75, 3.05) is 23.3 Å². The van der Waals surface area contributed by atoms with Crippen molar-refractivity contribution in [3.05, 3.63) is 53.3 Å². The minimum atomic E-state index is -0.729. The molecule has 144 valence electrons. The second-order valence-electron chi connectivity index (χ2n) is 6.85. The average molecular weight is 398 g/mol. The smallest absolute Gasteiger partial charge is 0.306 e. The van der Waals surface area contributed by atoms with Gasteiger partial charge in [-0.15, -0.1) is 0 Å². The second kappa shape index (κ2) is 7.98. The van der Waals surface area contributed by atoms with Crippen LogP contribution in [0.5, 0.6) is 0 Å². The van der Waals surface area contributed by atoms with Gasteiger partial charge >= 0.3 is 5.97 Å².